The number of carbonyl (C=O) groups excluding carboxylic acids is 2. The summed E-state index contributed by atoms with van der Waals surface area (Å²) in [5, 5.41) is 14.5. The van der Waals surface area contributed by atoms with Gasteiger partial charge in [-0.25, -0.2) is 4.79 Å². The molecule has 8 heteroatoms. The number of alkyl carbamates (subject to hydrolysis) is 1. The molecule has 164 valence electrons. The zero-order valence-corrected chi connectivity index (χ0v) is 17.4. The Morgan fingerprint density at radius 3 is 2.50 bits per heavy atom. The van der Waals surface area contributed by atoms with Crippen molar-refractivity contribution in [3.05, 3.63) is 71.8 Å². The molecule has 1 atom stereocenters. The van der Waals surface area contributed by atoms with Crippen LogP contribution in [0.1, 0.15) is 28.8 Å². The molecular formula is C24H23N3O5. The molecule has 1 aliphatic carbocycles. The van der Waals surface area contributed by atoms with Crippen molar-refractivity contribution >= 4 is 12.0 Å². The summed E-state index contributed by atoms with van der Waals surface area (Å²) in [5.74, 6) is 0.827. The summed E-state index contributed by atoms with van der Waals surface area (Å²) in [5.41, 5.74) is 0.351. The fourth-order valence-corrected chi connectivity index (χ4v) is 3.18. The van der Waals surface area contributed by atoms with Gasteiger partial charge in [-0.2, -0.15) is 5.26 Å². The monoisotopic (exact) mass is 433 g/mol. The molecule has 0 unspecified atom stereocenters. The van der Waals surface area contributed by atoms with E-state index in [0.29, 0.717) is 43.1 Å². The maximum atomic E-state index is 12.9. The third kappa shape index (κ3) is 5.58. The first-order valence-corrected chi connectivity index (χ1v) is 10.4. The van der Waals surface area contributed by atoms with Crippen molar-refractivity contribution in [2.45, 2.75) is 31.0 Å². The van der Waals surface area contributed by atoms with E-state index in [-0.39, 0.29) is 6.42 Å². The molecule has 0 spiro atoms. The normalized spacial score (nSPS) is 20.3. The number of hydrogen-bond acceptors (Lipinski definition) is 6. The van der Waals surface area contributed by atoms with Crippen LogP contribution in [0.3, 0.4) is 0 Å². The maximum Gasteiger partial charge on any atom is 0.410 e. The van der Waals surface area contributed by atoms with Gasteiger partial charge in [-0.15, -0.1) is 0 Å². The van der Waals surface area contributed by atoms with E-state index in [2.05, 4.69) is 16.7 Å². The van der Waals surface area contributed by atoms with Crippen LogP contribution < -0.4 is 20.1 Å². The largest absolute Gasteiger partial charge is 0.490 e. The Hall–Kier alpha value is -3.99. The molecule has 2 aliphatic heterocycles. The minimum atomic E-state index is -0.939. The highest BCUT2D eigenvalue weighted by Gasteiger charge is 2.45. The molecule has 0 radical (unpaired) electrons. The number of benzene rings is 2. The first kappa shape index (κ1) is 21.2. The molecule has 3 aliphatic rings. The number of carbonyl (C=O) groups is 2. The van der Waals surface area contributed by atoms with Gasteiger partial charge < -0.3 is 24.8 Å². The number of nitrogens with one attached hydrogen (secondary N) is 2. The van der Waals surface area contributed by atoms with Gasteiger partial charge in [-0.05, 0) is 60.9 Å². The van der Waals surface area contributed by atoms with Crippen LogP contribution in [0.15, 0.2) is 60.7 Å². The highest BCUT2D eigenvalue weighted by Crippen LogP contribution is 2.34. The third-order valence-electron chi connectivity index (χ3n) is 5.15. The van der Waals surface area contributed by atoms with Crippen LogP contribution in [-0.2, 0) is 11.2 Å². The second-order valence-electron chi connectivity index (χ2n) is 7.66. The number of fused-ring (bicyclic) bond motifs is 9. The van der Waals surface area contributed by atoms with Crippen molar-refractivity contribution in [3.8, 4) is 17.6 Å². The summed E-state index contributed by atoms with van der Waals surface area (Å²) in [4.78, 5) is 25.2. The average Bonchev–Trinajstić information content (AvgIpc) is 3.56. The van der Waals surface area contributed by atoms with Gasteiger partial charge in [0.15, 0.2) is 6.23 Å². The van der Waals surface area contributed by atoms with Crippen molar-refractivity contribution < 1.29 is 23.8 Å². The summed E-state index contributed by atoms with van der Waals surface area (Å²) in [7, 11) is 0. The fraction of sp³-hybridized carbons (Fsp3) is 0.292. The zero-order chi connectivity index (χ0) is 22.4. The maximum absolute atomic E-state index is 12.9. The molecule has 0 aromatic heterocycles. The van der Waals surface area contributed by atoms with Crippen LogP contribution in [0.25, 0.3) is 0 Å². The number of ether oxygens (including phenoxy) is 3. The Morgan fingerprint density at radius 1 is 1.09 bits per heavy atom. The molecule has 2 aromatic rings. The Morgan fingerprint density at radius 2 is 1.81 bits per heavy atom. The molecule has 2 heterocycles. The van der Waals surface area contributed by atoms with Gasteiger partial charge in [0.25, 0.3) is 5.91 Å². The smallest absolute Gasteiger partial charge is 0.410 e. The van der Waals surface area contributed by atoms with Gasteiger partial charge in [0, 0.05) is 12.0 Å². The fourth-order valence-electron chi connectivity index (χ4n) is 3.18. The van der Waals surface area contributed by atoms with Crippen molar-refractivity contribution in [2.24, 2.45) is 0 Å². The van der Waals surface area contributed by atoms with E-state index < -0.39 is 23.8 Å². The van der Waals surface area contributed by atoms with Crippen LogP contribution in [0.5, 0.6) is 11.5 Å². The summed E-state index contributed by atoms with van der Waals surface area (Å²) in [6.45, 7) is 0.731. The van der Waals surface area contributed by atoms with Crippen molar-refractivity contribution in [2.75, 3.05) is 13.2 Å². The lowest BCUT2D eigenvalue weighted by atomic mass is 10.1. The Bertz CT molecular complexity index is 1050. The quantitative estimate of drug-likeness (QED) is 0.705. The molecular weight excluding hydrogens is 410 g/mol. The predicted octanol–water partition coefficient (Wildman–Crippen LogP) is 3.09. The predicted molar refractivity (Wildman–Crippen MR) is 115 cm³/mol. The van der Waals surface area contributed by atoms with Crippen LogP contribution in [0.4, 0.5) is 4.79 Å². The number of nitriles is 1. The average molecular weight is 433 g/mol. The van der Waals surface area contributed by atoms with Crippen LogP contribution in [-0.4, -0.2) is 37.0 Å². The standard InChI is InChI=1S/C24H23N3O5/c25-16-24(10-11-24)27-23(29)32-21-14-17-6-8-19(9-7-17)30-12-1-2-13-31-20-5-3-4-18(15-20)22(28)26-21/h1-9,15,21H,10-14H2,(H,26,28)(H,27,29)/b2-1-/t21-/m0/s1. The minimum absolute atomic E-state index is 0.245. The van der Waals surface area contributed by atoms with Crippen LogP contribution in [0.2, 0.25) is 0 Å². The van der Waals surface area contributed by atoms with E-state index >= 15 is 0 Å². The lowest BCUT2D eigenvalue weighted by Crippen LogP contribution is -2.44. The van der Waals surface area contributed by atoms with Gasteiger partial charge in [0.1, 0.15) is 30.3 Å². The summed E-state index contributed by atoms with van der Waals surface area (Å²) in [6, 6.07) is 16.2. The number of rotatable bonds is 2. The van der Waals surface area contributed by atoms with E-state index in [9.17, 15) is 14.9 Å². The molecule has 4 bridgehead atoms. The minimum Gasteiger partial charge on any atom is -0.490 e. The van der Waals surface area contributed by atoms with Crippen LogP contribution in [0, 0.1) is 11.3 Å². The topological polar surface area (TPSA) is 110 Å². The summed E-state index contributed by atoms with van der Waals surface area (Å²) in [6.07, 6.45) is 3.43. The molecule has 0 saturated heterocycles. The molecule has 32 heavy (non-hydrogen) atoms. The van der Waals surface area contributed by atoms with Crippen molar-refractivity contribution in [1.29, 1.82) is 5.26 Å². The first-order valence-electron chi connectivity index (χ1n) is 10.4. The van der Waals surface area contributed by atoms with E-state index in [1.807, 2.05) is 36.4 Å². The lowest BCUT2D eigenvalue weighted by molar-refractivity contribution is 0.0623. The van der Waals surface area contributed by atoms with Crippen molar-refractivity contribution in [1.82, 2.24) is 10.6 Å². The highest BCUT2D eigenvalue weighted by molar-refractivity contribution is 5.94. The SMILES string of the molecule is N#CC1(NC(=O)O[C@H]2Cc3ccc(cc3)OC/C=C\COc3cccc(c3)C(=O)N2)CC1. The Labute approximate surface area is 185 Å². The van der Waals surface area contributed by atoms with Gasteiger partial charge in [-0.3, -0.25) is 4.79 Å². The van der Waals surface area contributed by atoms with Gasteiger partial charge >= 0.3 is 6.09 Å². The van der Waals surface area contributed by atoms with Crippen molar-refractivity contribution in [3.63, 3.8) is 0 Å². The molecule has 5 rings (SSSR count). The van der Waals surface area contributed by atoms with Crippen LogP contribution >= 0.6 is 0 Å². The van der Waals surface area contributed by atoms with E-state index in [4.69, 9.17) is 14.2 Å². The summed E-state index contributed by atoms with van der Waals surface area (Å²) < 4.78 is 16.8. The Balaban J connectivity index is 1.55. The summed E-state index contributed by atoms with van der Waals surface area (Å²) >= 11 is 0. The highest BCUT2D eigenvalue weighted by atomic mass is 16.6. The second-order valence-corrected chi connectivity index (χ2v) is 7.66. The molecule has 2 aromatic carbocycles. The van der Waals surface area contributed by atoms with Gasteiger partial charge in [0.2, 0.25) is 0 Å². The van der Waals surface area contributed by atoms with E-state index in [1.54, 1.807) is 24.3 Å². The molecule has 2 N–H and O–H groups in total. The molecule has 1 saturated carbocycles. The number of hydrogen-bond donors (Lipinski definition) is 2. The van der Waals surface area contributed by atoms with E-state index in [1.165, 1.54) is 0 Å². The Kier molecular flexibility index (Phi) is 6.26. The first-order chi connectivity index (χ1) is 15.5. The number of nitrogens with zero attached hydrogens (tertiary/aromatic N) is 1. The van der Waals surface area contributed by atoms with Gasteiger partial charge in [-0.1, -0.05) is 18.2 Å². The van der Waals surface area contributed by atoms with E-state index in [0.717, 1.165) is 5.56 Å². The zero-order valence-electron chi connectivity index (χ0n) is 17.4. The number of amides is 2. The second kappa shape index (κ2) is 9.43. The molecule has 2 amide bonds. The molecule has 8 nitrogen and oxygen atoms in total. The lowest BCUT2D eigenvalue weighted by Gasteiger charge is -2.21. The van der Waals surface area contributed by atoms with Gasteiger partial charge in [0.05, 0.1) is 6.07 Å². The molecule has 1 fully saturated rings. The third-order valence-corrected chi connectivity index (χ3v) is 5.15.